The Morgan fingerprint density at radius 3 is 2.40 bits per heavy atom. The molecule has 0 spiro atoms. The van der Waals surface area contributed by atoms with E-state index >= 15 is 0 Å². The maximum absolute atomic E-state index is 13.3. The maximum atomic E-state index is 13.3. The minimum Gasteiger partial charge on any atom is -0.468 e. The van der Waals surface area contributed by atoms with Crippen molar-refractivity contribution in [3.8, 4) is 0 Å². The van der Waals surface area contributed by atoms with Gasteiger partial charge in [-0.1, -0.05) is 47.2 Å². The Kier molecular flexibility index (Phi) is 7.58. The molecule has 1 unspecified atom stereocenters. The number of sulfonamides is 1. The van der Waals surface area contributed by atoms with Gasteiger partial charge >= 0.3 is 5.97 Å². The van der Waals surface area contributed by atoms with Crippen LogP contribution in [0.25, 0.3) is 0 Å². The molecule has 1 atom stereocenters. The number of aryl methyl sites for hydroxylation is 1. The molecule has 3 aromatic rings. The molecule has 1 aliphatic rings. The number of halogens is 1. The summed E-state index contributed by atoms with van der Waals surface area (Å²) in [6.45, 7) is 3.15. The molecule has 1 aromatic heterocycles. The number of methoxy groups -OCH3 is 1. The van der Waals surface area contributed by atoms with E-state index in [1.165, 1.54) is 19.2 Å². The van der Waals surface area contributed by atoms with E-state index in [-0.39, 0.29) is 31.2 Å². The third-order valence-electron chi connectivity index (χ3n) is 5.96. The molecule has 186 valence electrons. The topological polar surface area (TPSA) is 97.6 Å². The highest BCUT2D eigenvalue weighted by atomic mass is 32.2. The van der Waals surface area contributed by atoms with Gasteiger partial charge in [0.15, 0.2) is 0 Å². The van der Waals surface area contributed by atoms with E-state index in [2.05, 4.69) is 10.3 Å². The summed E-state index contributed by atoms with van der Waals surface area (Å²) in [6, 6.07) is 13.0. The lowest BCUT2D eigenvalue weighted by Crippen LogP contribution is -2.48. The maximum Gasteiger partial charge on any atom is 0.325 e. The van der Waals surface area contributed by atoms with Gasteiger partial charge in [0.05, 0.1) is 37.8 Å². The predicted molar refractivity (Wildman–Crippen MR) is 127 cm³/mol. The van der Waals surface area contributed by atoms with Gasteiger partial charge in [-0.15, -0.1) is 5.10 Å². The zero-order chi connectivity index (χ0) is 25.0. The number of rotatable bonds is 7. The fourth-order valence-electron chi connectivity index (χ4n) is 4.04. The lowest BCUT2D eigenvalue weighted by atomic mass is 10.1. The highest BCUT2D eigenvalue weighted by Gasteiger charge is 2.40. The third-order valence-corrected chi connectivity index (χ3v) is 7.76. The van der Waals surface area contributed by atoms with E-state index < -0.39 is 22.0 Å². The van der Waals surface area contributed by atoms with E-state index in [0.29, 0.717) is 18.8 Å². The van der Waals surface area contributed by atoms with Crippen molar-refractivity contribution in [2.24, 2.45) is 0 Å². The summed E-state index contributed by atoms with van der Waals surface area (Å²) in [5.74, 6) is -1.16. The molecule has 0 aliphatic carbocycles. The Labute approximate surface area is 204 Å². The Bertz CT molecular complexity index is 1260. The first-order chi connectivity index (χ1) is 16.7. The number of hydrogen-bond acceptors (Lipinski definition) is 7. The van der Waals surface area contributed by atoms with Crippen LogP contribution in [0.5, 0.6) is 0 Å². The monoisotopic (exact) mass is 501 g/mol. The van der Waals surface area contributed by atoms with Gasteiger partial charge in [0.1, 0.15) is 11.9 Å². The molecule has 35 heavy (non-hydrogen) atoms. The van der Waals surface area contributed by atoms with Crippen LogP contribution in [-0.4, -0.2) is 70.6 Å². The second kappa shape index (κ2) is 10.6. The second-order valence-corrected chi connectivity index (χ2v) is 10.7. The fraction of sp³-hybridized carbons (Fsp3) is 0.375. The number of carbonyl (C=O) groups is 1. The molecule has 1 fully saturated rings. The van der Waals surface area contributed by atoms with Crippen LogP contribution in [0.2, 0.25) is 0 Å². The Hall–Kier alpha value is -3.15. The van der Waals surface area contributed by atoms with Gasteiger partial charge in [-0.25, -0.2) is 17.5 Å². The second-order valence-electron chi connectivity index (χ2n) is 8.65. The van der Waals surface area contributed by atoms with Gasteiger partial charge in [0.25, 0.3) is 0 Å². The van der Waals surface area contributed by atoms with Crippen LogP contribution in [0.1, 0.15) is 22.4 Å². The Morgan fingerprint density at radius 1 is 1.06 bits per heavy atom. The summed E-state index contributed by atoms with van der Waals surface area (Å²) < 4.78 is 47.4. The van der Waals surface area contributed by atoms with Gasteiger partial charge in [0.2, 0.25) is 10.0 Å². The molecule has 0 bridgehead atoms. The Balaban J connectivity index is 1.53. The molecule has 9 nitrogen and oxygen atoms in total. The minimum absolute atomic E-state index is 0.0968. The van der Waals surface area contributed by atoms with Crippen molar-refractivity contribution in [1.29, 1.82) is 0 Å². The SMILES string of the molecule is COC(=O)C1CN(Cc2ccc(F)cc2)CCS(=O)(=O)N1Cc1cn(Cc2ccc(C)cc2)nn1. The normalized spacial score (nSPS) is 18.8. The molecule has 0 radical (unpaired) electrons. The summed E-state index contributed by atoms with van der Waals surface area (Å²) >= 11 is 0. The zero-order valence-corrected chi connectivity index (χ0v) is 20.5. The van der Waals surface area contributed by atoms with E-state index in [4.69, 9.17) is 4.74 Å². The zero-order valence-electron chi connectivity index (χ0n) is 19.7. The van der Waals surface area contributed by atoms with E-state index in [9.17, 15) is 17.6 Å². The molecule has 4 rings (SSSR count). The average Bonchev–Trinajstić information content (AvgIpc) is 3.24. The summed E-state index contributed by atoms with van der Waals surface area (Å²) in [7, 11) is -2.56. The highest BCUT2D eigenvalue weighted by molar-refractivity contribution is 7.89. The quantitative estimate of drug-likeness (QED) is 0.457. The predicted octanol–water partition coefficient (Wildman–Crippen LogP) is 1.96. The van der Waals surface area contributed by atoms with Crippen LogP contribution in [-0.2, 0) is 39.2 Å². The van der Waals surface area contributed by atoms with Crippen LogP contribution in [0, 0.1) is 12.7 Å². The largest absolute Gasteiger partial charge is 0.468 e. The molecular formula is C24H28FN5O4S. The third kappa shape index (κ3) is 6.30. The van der Waals surface area contributed by atoms with Gasteiger partial charge < -0.3 is 4.74 Å². The number of carbonyl (C=O) groups excluding carboxylic acids is 1. The van der Waals surface area contributed by atoms with Crippen LogP contribution in [0.15, 0.2) is 54.7 Å². The van der Waals surface area contributed by atoms with Crippen molar-refractivity contribution in [2.75, 3.05) is 26.0 Å². The highest BCUT2D eigenvalue weighted by Crippen LogP contribution is 2.21. The number of hydrogen-bond donors (Lipinski definition) is 0. The van der Waals surface area contributed by atoms with Gasteiger partial charge in [-0.05, 0) is 30.2 Å². The number of nitrogens with zero attached hydrogens (tertiary/aromatic N) is 5. The first-order valence-corrected chi connectivity index (χ1v) is 12.8. The molecule has 1 saturated heterocycles. The number of aromatic nitrogens is 3. The number of ether oxygens (including phenoxy) is 1. The van der Waals surface area contributed by atoms with Gasteiger partial charge in [0, 0.05) is 19.6 Å². The molecule has 1 aliphatic heterocycles. The van der Waals surface area contributed by atoms with Crippen LogP contribution < -0.4 is 0 Å². The van der Waals surface area contributed by atoms with Gasteiger partial charge in [-0.2, -0.15) is 4.31 Å². The van der Waals surface area contributed by atoms with Crippen molar-refractivity contribution in [1.82, 2.24) is 24.2 Å². The van der Waals surface area contributed by atoms with Crippen molar-refractivity contribution in [3.05, 3.63) is 82.9 Å². The number of benzene rings is 2. The summed E-state index contributed by atoms with van der Waals surface area (Å²) in [6.07, 6.45) is 1.69. The minimum atomic E-state index is -3.79. The van der Waals surface area contributed by atoms with Gasteiger partial charge in [-0.3, -0.25) is 9.69 Å². The standard InChI is InChI=1S/C24H28FN5O4S/c1-18-3-5-20(6-4-18)14-29-15-22(26-27-29)16-30-23(24(31)34-2)17-28(11-12-35(30,32)33)13-19-7-9-21(25)10-8-19/h3-10,15,23H,11-14,16-17H2,1-2H3. The van der Waals surface area contributed by atoms with Crippen molar-refractivity contribution in [2.45, 2.75) is 32.6 Å². The van der Waals surface area contributed by atoms with Crippen molar-refractivity contribution < 1.29 is 22.3 Å². The average molecular weight is 502 g/mol. The first-order valence-electron chi connectivity index (χ1n) is 11.2. The fourth-order valence-corrected chi connectivity index (χ4v) is 5.63. The smallest absolute Gasteiger partial charge is 0.325 e. The lowest BCUT2D eigenvalue weighted by molar-refractivity contribution is -0.145. The van der Waals surface area contributed by atoms with Crippen molar-refractivity contribution in [3.63, 3.8) is 0 Å². The molecule has 2 heterocycles. The van der Waals surface area contributed by atoms with Crippen molar-refractivity contribution >= 4 is 16.0 Å². The summed E-state index contributed by atoms with van der Waals surface area (Å²) in [5, 5.41) is 8.27. The van der Waals surface area contributed by atoms with Crippen LogP contribution >= 0.6 is 0 Å². The summed E-state index contributed by atoms with van der Waals surface area (Å²) in [5.41, 5.74) is 3.45. The van der Waals surface area contributed by atoms with E-state index in [1.54, 1.807) is 23.0 Å². The molecule has 2 aromatic carbocycles. The molecule has 0 amide bonds. The molecule has 0 N–H and O–H groups in total. The molecule has 0 saturated carbocycles. The molecular weight excluding hydrogens is 473 g/mol. The van der Waals surface area contributed by atoms with E-state index in [0.717, 1.165) is 21.0 Å². The number of esters is 1. The van der Waals surface area contributed by atoms with Crippen LogP contribution in [0.3, 0.4) is 0 Å². The van der Waals surface area contributed by atoms with Crippen LogP contribution in [0.4, 0.5) is 4.39 Å². The Morgan fingerprint density at radius 2 is 1.71 bits per heavy atom. The summed E-state index contributed by atoms with van der Waals surface area (Å²) in [4.78, 5) is 14.5. The van der Waals surface area contributed by atoms with E-state index in [1.807, 2.05) is 36.1 Å². The lowest BCUT2D eigenvalue weighted by Gasteiger charge is -2.28. The first kappa shape index (κ1) is 25.0. The molecule has 11 heteroatoms.